The van der Waals surface area contributed by atoms with Crippen LogP contribution in [0.1, 0.15) is 41.4 Å². The highest BCUT2D eigenvalue weighted by Crippen LogP contribution is 2.17. The maximum atomic E-state index is 12.6. The second kappa shape index (κ2) is 8.15. The van der Waals surface area contributed by atoms with Crippen molar-refractivity contribution in [2.24, 2.45) is 5.73 Å². The molecule has 0 aromatic heterocycles. The normalized spacial score (nSPS) is 12.8. The van der Waals surface area contributed by atoms with Gasteiger partial charge < -0.3 is 10.5 Å². The van der Waals surface area contributed by atoms with E-state index in [1.54, 1.807) is 32.0 Å². The predicted octanol–water partition coefficient (Wildman–Crippen LogP) is 3.86. The predicted molar refractivity (Wildman–Crippen MR) is 96.9 cm³/mol. The van der Waals surface area contributed by atoms with Crippen LogP contribution in [-0.2, 0) is 4.74 Å². The lowest BCUT2D eigenvalue weighted by Crippen LogP contribution is -2.31. The number of ether oxygens (including phenoxy) is 1. The minimum atomic E-state index is -0.725. The third-order valence-corrected chi connectivity index (χ3v) is 3.68. The number of ketones is 1. The Morgan fingerprint density at radius 1 is 1.08 bits per heavy atom. The number of carbonyl (C=O) groups is 2. The average Bonchev–Trinajstić information content (AvgIpc) is 2.59. The third kappa shape index (κ3) is 4.94. The van der Waals surface area contributed by atoms with E-state index in [1.807, 2.05) is 43.3 Å². The van der Waals surface area contributed by atoms with Crippen LogP contribution < -0.4 is 11.1 Å². The summed E-state index contributed by atoms with van der Waals surface area (Å²) in [6.07, 6.45) is -1.17. The van der Waals surface area contributed by atoms with Crippen molar-refractivity contribution in [1.82, 2.24) is 5.32 Å². The Morgan fingerprint density at radius 3 is 2.36 bits per heavy atom. The number of Topliss-reactive ketones (excluding diaryl/α,β-unsaturated/α-hetero) is 1. The summed E-state index contributed by atoms with van der Waals surface area (Å²) in [7, 11) is 0. The molecule has 1 atom stereocenters. The highest BCUT2D eigenvalue weighted by molar-refractivity contribution is 6.10. The van der Waals surface area contributed by atoms with Crippen molar-refractivity contribution in [3.05, 3.63) is 82.7 Å². The van der Waals surface area contributed by atoms with Crippen LogP contribution in [0.15, 0.2) is 66.0 Å². The summed E-state index contributed by atoms with van der Waals surface area (Å²) in [5.74, 6) is -0.354. The third-order valence-electron chi connectivity index (χ3n) is 3.68. The smallest absolute Gasteiger partial charge is 0.412 e. The van der Waals surface area contributed by atoms with E-state index in [1.165, 1.54) is 0 Å². The van der Waals surface area contributed by atoms with E-state index in [4.69, 9.17) is 10.5 Å². The van der Waals surface area contributed by atoms with Crippen molar-refractivity contribution >= 4 is 11.9 Å². The molecule has 3 N–H and O–H groups in total. The number of allylic oxidation sites excluding steroid dienone is 2. The molecular formula is C20H22N2O3. The molecule has 0 heterocycles. The highest BCUT2D eigenvalue weighted by Gasteiger charge is 2.19. The zero-order valence-electron chi connectivity index (χ0n) is 14.6. The summed E-state index contributed by atoms with van der Waals surface area (Å²) in [6.45, 7) is 5.21. The van der Waals surface area contributed by atoms with Crippen molar-refractivity contribution in [2.45, 2.75) is 26.9 Å². The average molecular weight is 338 g/mol. The second-order valence-corrected chi connectivity index (χ2v) is 5.84. The van der Waals surface area contributed by atoms with Gasteiger partial charge in [0.15, 0.2) is 0 Å². The summed E-state index contributed by atoms with van der Waals surface area (Å²) < 4.78 is 5.33. The van der Waals surface area contributed by atoms with Crippen LogP contribution in [0.5, 0.6) is 0 Å². The monoisotopic (exact) mass is 338 g/mol. The fourth-order valence-electron chi connectivity index (χ4n) is 2.35. The van der Waals surface area contributed by atoms with Crippen molar-refractivity contribution < 1.29 is 14.3 Å². The maximum Gasteiger partial charge on any atom is 0.412 e. The molecule has 0 radical (unpaired) electrons. The fourth-order valence-corrected chi connectivity index (χ4v) is 2.35. The molecule has 5 nitrogen and oxygen atoms in total. The Morgan fingerprint density at radius 2 is 1.76 bits per heavy atom. The van der Waals surface area contributed by atoms with Gasteiger partial charge in [-0.05, 0) is 32.4 Å². The van der Waals surface area contributed by atoms with Gasteiger partial charge in [-0.15, -0.1) is 0 Å². The number of hydrogen-bond donors (Lipinski definition) is 2. The summed E-state index contributed by atoms with van der Waals surface area (Å²) in [5.41, 5.74) is 8.29. The molecular weight excluding hydrogens is 316 g/mol. The molecule has 0 fully saturated rings. The molecule has 130 valence electrons. The van der Waals surface area contributed by atoms with Crippen molar-refractivity contribution in [1.29, 1.82) is 0 Å². The molecule has 0 aliphatic rings. The SMILES string of the molecule is CC(N)=C(NC(=O)OC(C)c1ccccc1)C(=O)c1cccc(C)c1. The fraction of sp³-hybridized carbons (Fsp3) is 0.200. The molecule has 0 spiro atoms. The number of aryl methyl sites for hydroxylation is 1. The van der Waals surface area contributed by atoms with Crippen molar-refractivity contribution in [2.75, 3.05) is 0 Å². The number of benzene rings is 2. The number of nitrogens with one attached hydrogen (secondary N) is 1. The van der Waals surface area contributed by atoms with Gasteiger partial charge in [0.2, 0.25) is 5.78 Å². The molecule has 1 unspecified atom stereocenters. The summed E-state index contributed by atoms with van der Waals surface area (Å²) in [6, 6.07) is 16.4. The molecule has 0 saturated heterocycles. The Kier molecular flexibility index (Phi) is 5.95. The first kappa shape index (κ1) is 18.3. The molecule has 5 heteroatoms. The number of carbonyl (C=O) groups excluding carboxylic acids is 2. The zero-order chi connectivity index (χ0) is 18.4. The summed E-state index contributed by atoms with van der Waals surface area (Å²) >= 11 is 0. The lowest BCUT2D eigenvalue weighted by atomic mass is 10.0. The first-order chi connectivity index (χ1) is 11.9. The molecule has 0 aliphatic carbocycles. The Balaban J connectivity index is 2.10. The van der Waals surface area contributed by atoms with E-state index in [-0.39, 0.29) is 17.2 Å². The number of rotatable bonds is 5. The standard InChI is InChI=1S/C20H22N2O3/c1-13-8-7-11-17(12-13)19(23)18(14(2)21)22-20(24)25-15(3)16-9-5-4-6-10-16/h4-12,15H,21H2,1-3H3,(H,22,24). The van der Waals surface area contributed by atoms with Crippen LogP contribution in [0.2, 0.25) is 0 Å². The molecule has 2 rings (SSSR count). The van der Waals surface area contributed by atoms with Crippen molar-refractivity contribution in [3.8, 4) is 0 Å². The van der Waals surface area contributed by atoms with Crippen LogP contribution >= 0.6 is 0 Å². The first-order valence-corrected chi connectivity index (χ1v) is 7.98. The number of amides is 1. The number of nitrogens with two attached hydrogens (primary N) is 1. The van der Waals surface area contributed by atoms with Gasteiger partial charge in [-0.25, -0.2) is 4.79 Å². The quantitative estimate of drug-likeness (QED) is 0.641. The Bertz CT molecular complexity index is 794. The van der Waals surface area contributed by atoms with Gasteiger partial charge >= 0.3 is 6.09 Å². The van der Waals surface area contributed by atoms with E-state index >= 15 is 0 Å². The topological polar surface area (TPSA) is 81.4 Å². The van der Waals surface area contributed by atoms with E-state index in [0.29, 0.717) is 5.56 Å². The van der Waals surface area contributed by atoms with E-state index in [2.05, 4.69) is 5.32 Å². The molecule has 25 heavy (non-hydrogen) atoms. The summed E-state index contributed by atoms with van der Waals surface area (Å²) in [4.78, 5) is 24.8. The molecule has 0 saturated carbocycles. The van der Waals surface area contributed by atoms with Crippen LogP contribution in [0.3, 0.4) is 0 Å². The van der Waals surface area contributed by atoms with Crippen molar-refractivity contribution in [3.63, 3.8) is 0 Å². The van der Waals surface area contributed by atoms with Gasteiger partial charge in [-0.1, -0.05) is 54.1 Å². The van der Waals surface area contributed by atoms with E-state index in [0.717, 1.165) is 11.1 Å². The molecule has 1 amide bonds. The minimum Gasteiger partial charge on any atom is -0.441 e. The van der Waals surface area contributed by atoms with Gasteiger partial charge in [-0.3, -0.25) is 10.1 Å². The lowest BCUT2D eigenvalue weighted by molar-refractivity contribution is 0.0975. The molecule has 0 aliphatic heterocycles. The van der Waals surface area contributed by atoms with Gasteiger partial charge in [-0.2, -0.15) is 0 Å². The molecule has 0 bridgehead atoms. The second-order valence-electron chi connectivity index (χ2n) is 5.84. The van der Waals surface area contributed by atoms with Crippen LogP contribution in [0, 0.1) is 6.92 Å². The molecule has 2 aromatic rings. The number of hydrogen-bond acceptors (Lipinski definition) is 4. The Labute approximate surface area is 147 Å². The zero-order valence-corrected chi connectivity index (χ0v) is 14.6. The number of alkyl carbamates (subject to hydrolysis) is 1. The van der Waals surface area contributed by atoms with Gasteiger partial charge in [0.05, 0.1) is 0 Å². The molecule has 2 aromatic carbocycles. The summed E-state index contributed by atoms with van der Waals surface area (Å²) in [5, 5.41) is 2.48. The lowest BCUT2D eigenvalue weighted by Gasteiger charge is -2.16. The van der Waals surface area contributed by atoms with Gasteiger partial charge in [0.1, 0.15) is 11.8 Å². The first-order valence-electron chi connectivity index (χ1n) is 7.98. The Hall–Kier alpha value is -3.08. The highest BCUT2D eigenvalue weighted by atomic mass is 16.6. The van der Waals surface area contributed by atoms with E-state index in [9.17, 15) is 9.59 Å². The van der Waals surface area contributed by atoms with Gasteiger partial charge in [0.25, 0.3) is 0 Å². The van der Waals surface area contributed by atoms with Crippen LogP contribution in [0.25, 0.3) is 0 Å². The minimum absolute atomic E-state index is 0.0239. The van der Waals surface area contributed by atoms with Crippen LogP contribution in [-0.4, -0.2) is 11.9 Å². The van der Waals surface area contributed by atoms with Gasteiger partial charge in [0, 0.05) is 11.3 Å². The maximum absolute atomic E-state index is 12.6. The van der Waals surface area contributed by atoms with E-state index < -0.39 is 12.2 Å². The van der Waals surface area contributed by atoms with Crippen LogP contribution in [0.4, 0.5) is 4.79 Å². The largest absolute Gasteiger partial charge is 0.441 e.